The normalized spacial score (nSPS) is 18.5. The van der Waals surface area contributed by atoms with E-state index in [1.165, 1.54) is 22.3 Å². The Balaban J connectivity index is 2.02. The lowest BCUT2D eigenvalue weighted by Gasteiger charge is -2.11. The molecule has 1 atom stereocenters. The maximum atomic E-state index is 4.25. The Bertz CT molecular complexity index is 523. The van der Waals surface area contributed by atoms with Crippen molar-refractivity contribution in [1.29, 1.82) is 0 Å². The first-order valence-corrected chi connectivity index (χ1v) is 5.68. The van der Waals surface area contributed by atoms with Gasteiger partial charge in [-0.05, 0) is 28.7 Å². The number of hydrogen-bond acceptors (Lipinski definition) is 0. The Labute approximate surface area is 96.3 Å². The van der Waals surface area contributed by atoms with Crippen LogP contribution < -0.4 is 0 Å². The van der Waals surface area contributed by atoms with Gasteiger partial charge in [0, 0.05) is 5.92 Å². The summed E-state index contributed by atoms with van der Waals surface area (Å²) in [5.41, 5.74) is 5.42. The highest BCUT2D eigenvalue weighted by Gasteiger charge is 2.25. The van der Waals surface area contributed by atoms with Gasteiger partial charge in [-0.1, -0.05) is 61.2 Å². The van der Waals surface area contributed by atoms with Gasteiger partial charge in [0.2, 0.25) is 0 Å². The number of hydrogen-bond donors (Lipinski definition) is 0. The topological polar surface area (TPSA) is 0 Å². The van der Waals surface area contributed by atoms with Crippen LogP contribution in [0.15, 0.2) is 61.2 Å². The summed E-state index contributed by atoms with van der Waals surface area (Å²) in [7, 11) is 0. The second kappa shape index (κ2) is 3.64. The van der Waals surface area contributed by atoms with Crippen LogP contribution in [0, 0.1) is 0 Å². The molecule has 1 aliphatic carbocycles. The van der Waals surface area contributed by atoms with E-state index < -0.39 is 0 Å². The summed E-state index contributed by atoms with van der Waals surface area (Å²) in [5, 5.41) is 0. The monoisotopic (exact) mass is 206 g/mol. The molecule has 0 bridgehead atoms. The van der Waals surface area contributed by atoms with E-state index in [2.05, 4.69) is 61.2 Å². The maximum absolute atomic E-state index is 4.25. The van der Waals surface area contributed by atoms with Crippen molar-refractivity contribution in [3.8, 4) is 0 Å². The zero-order valence-corrected chi connectivity index (χ0v) is 9.19. The molecular weight excluding hydrogens is 192 g/mol. The fourth-order valence-corrected chi connectivity index (χ4v) is 2.55. The molecule has 2 aromatic carbocycles. The lowest BCUT2D eigenvalue weighted by molar-refractivity contribution is 0.900. The third kappa shape index (κ3) is 1.38. The second-order valence-electron chi connectivity index (χ2n) is 4.35. The molecule has 16 heavy (non-hydrogen) atoms. The Morgan fingerprint density at radius 3 is 2.31 bits per heavy atom. The highest BCUT2D eigenvalue weighted by Crippen LogP contribution is 2.41. The van der Waals surface area contributed by atoms with Gasteiger partial charge >= 0.3 is 0 Å². The summed E-state index contributed by atoms with van der Waals surface area (Å²) in [6.45, 7) is 4.25. The molecule has 78 valence electrons. The molecule has 1 unspecified atom stereocenters. The van der Waals surface area contributed by atoms with Gasteiger partial charge in [-0.15, -0.1) is 0 Å². The minimum Gasteiger partial charge on any atom is -0.0946 e. The minimum atomic E-state index is 0.471. The molecule has 3 rings (SSSR count). The Morgan fingerprint density at radius 2 is 1.56 bits per heavy atom. The van der Waals surface area contributed by atoms with E-state index in [-0.39, 0.29) is 0 Å². The van der Waals surface area contributed by atoms with Crippen molar-refractivity contribution in [1.82, 2.24) is 0 Å². The minimum absolute atomic E-state index is 0.471. The molecule has 0 heteroatoms. The van der Waals surface area contributed by atoms with Crippen LogP contribution in [0.4, 0.5) is 0 Å². The van der Waals surface area contributed by atoms with Gasteiger partial charge in [0.05, 0.1) is 0 Å². The first-order chi connectivity index (χ1) is 7.86. The maximum Gasteiger partial charge on any atom is 0.0130 e. The van der Waals surface area contributed by atoms with Crippen LogP contribution in [0.25, 0.3) is 5.57 Å². The Morgan fingerprint density at radius 1 is 0.875 bits per heavy atom. The molecular formula is C16H14. The molecule has 2 aromatic rings. The van der Waals surface area contributed by atoms with Crippen LogP contribution in [0.2, 0.25) is 0 Å². The zero-order valence-electron chi connectivity index (χ0n) is 9.19. The van der Waals surface area contributed by atoms with Crippen LogP contribution >= 0.6 is 0 Å². The van der Waals surface area contributed by atoms with E-state index in [0.29, 0.717) is 5.92 Å². The van der Waals surface area contributed by atoms with Crippen LogP contribution in [-0.4, -0.2) is 0 Å². The molecule has 0 radical (unpaired) electrons. The lowest BCUT2D eigenvalue weighted by atomic mass is 9.93. The van der Waals surface area contributed by atoms with Crippen LogP contribution in [0.5, 0.6) is 0 Å². The molecule has 0 heterocycles. The second-order valence-corrected chi connectivity index (χ2v) is 4.35. The predicted octanol–water partition coefficient (Wildman–Crippen LogP) is 4.04. The summed E-state index contributed by atoms with van der Waals surface area (Å²) in [6.07, 6.45) is 1.10. The van der Waals surface area contributed by atoms with E-state index in [1.54, 1.807) is 0 Å². The first kappa shape index (κ1) is 9.41. The number of allylic oxidation sites excluding steroid dienone is 1. The number of fused-ring (bicyclic) bond motifs is 1. The molecule has 0 saturated carbocycles. The van der Waals surface area contributed by atoms with E-state index in [0.717, 1.165) is 6.42 Å². The van der Waals surface area contributed by atoms with Crippen LogP contribution in [0.1, 0.15) is 22.6 Å². The summed E-state index contributed by atoms with van der Waals surface area (Å²) in [5.74, 6) is 0.471. The van der Waals surface area contributed by atoms with Crippen molar-refractivity contribution in [3.05, 3.63) is 77.9 Å². The third-order valence-corrected chi connectivity index (χ3v) is 3.41. The summed E-state index contributed by atoms with van der Waals surface area (Å²) in [4.78, 5) is 0. The van der Waals surface area contributed by atoms with E-state index in [1.807, 2.05) is 0 Å². The first-order valence-electron chi connectivity index (χ1n) is 5.68. The van der Waals surface area contributed by atoms with Gasteiger partial charge in [0.15, 0.2) is 0 Å². The molecule has 0 spiro atoms. The molecule has 0 amide bonds. The van der Waals surface area contributed by atoms with Crippen LogP contribution in [-0.2, 0) is 6.42 Å². The van der Waals surface area contributed by atoms with Gasteiger partial charge < -0.3 is 0 Å². The molecule has 0 fully saturated rings. The van der Waals surface area contributed by atoms with Gasteiger partial charge in [-0.3, -0.25) is 0 Å². The largest absolute Gasteiger partial charge is 0.0946 e. The van der Waals surface area contributed by atoms with E-state index in [9.17, 15) is 0 Å². The summed E-state index contributed by atoms with van der Waals surface area (Å²) >= 11 is 0. The summed E-state index contributed by atoms with van der Waals surface area (Å²) < 4.78 is 0. The van der Waals surface area contributed by atoms with Gasteiger partial charge in [0.25, 0.3) is 0 Å². The lowest BCUT2D eigenvalue weighted by Crippen LogP contribution is -1.95. The third-order valence-electron chi connectivity index (χ3n) is 3.41. The zero-order chi connectivity index (χ0) is 11.0. The average Bonchev–Trinajstić information content (AvgIpc) is 2.69. The van der Waals surface area contributed by atoms with E-state index in [4.69, 9.17) is 0 Å². The van der Waals surface area contributed by atoms with Crippen molar-refractivity contribution in [3.63, 3.8) is 0 Å². The average molecular weight is 206 g/mol. The smallest absolute Gasteiger partial charge is 0.0130 e. The van der Waals surface area contributed by atoms with Crippen molar-refractivity contribution in [2.75, 3.05) is 0 Å². The van der Waals surface area contributed by atoms with Gasteiger partial charge in [-0.25, -0.2) is 0 Å². The summed E-state index contributed by atoms with van der Waals surface area (Å²) in [6, 6.07) is 19.3. The predicted molar refractivity (Wildman–Crippen MR) is 68.4 cm³/mol. The molecule has 1 aliphatic rings. The molecule has 0 aromatic heterocycles. The van der Waals surface area contributed by atoms with Crippen LogP contribution in [0.3, 0.4) is 0 Å². The molecule has 0 saturated heterocycles. The fourth-order valence-electron chi connectivity index (χ4n) is 2.55. The van der Waals surface area contributed by atoms with Gasteiger partial charge in [0.1, 0.15) is 0 Å². The SMILES string of the molecule is C=C1c2ccccc2CC1c1ccccc1. The van der Waals surface area contributed by atoms with Crippen molar-refractivity contribution in [2.24, 2.45) is 0 Å². The fraction of sp³-hybridized carbons (Fsp3) is 0.125. The number of rotatable bonds is 1. The number of benzene rings is 2. The molecule has 0 nitrogen and oxygen atoms in total. The quantitative estimate of drug-likeness (QED) is 0.660. The van der Waals surface area contributed by atoms with Crippen molar-refractivity contribution in [2.45, 2.75) is 12.3 Å². The van der Waals surface area contributed by atoms with Gasteiger partial charge in [-0.2, -0.15) is 0 Å². The Kier molecular flexibility index (Phi) is 2.14. The standard InChI is InChI=1S/C16H14/c1-12-15-10-6-5-9-14(15)11-16(12)13-7-3-2-4-8-13/h2-10,16H,1,11H2. The molecule has 0 aliphatic heterocycles. The highest BCUT2D eigenvalue weighted by molar-refractivity contribution is 5.76. The van der Waals surface area contributed by atoms with Crippen molar-refractivity contribution < 1.29 is 0 Å². The van der Waals surface area contributed by atoms with E-state index >= 15 is 0 Å². The Hall–Kier alpha value is -1.82. The molecule has 0 N–H and O–H groups in total. The van der Waals surface area contributed by atoms with Crippen molar-refractivity contribution >= 4 is 5.57 Å². The highest BCUT2D eigenvalue weighted by atomic mass is 14.3.